The van der Waals surface area contributed by atoms with E-state index in [1.807, 2.05) is 50.3 Å². The summed E-state index contributed by atoms with van der Waals surface area (Å²) in [7, 11) is 0. The third kappa shape index (κ3) is 2.37. The zero-order valence-electron chi connectivity index (χ0n) is 12.7. The van der Waals surface area contributed by atoms with E-state index in [2.05, 4.69) is 20.5 Å². The number of benzene rings is 1. The van der Waals surface area contributed by atoms with E-state index in [0.717, 1.165) is 32.2 Å². The van der Waals surface area contributed by atoms with E-state index in [-0.39, 0.29) is 5.91 Å². The largest absolute Gasteiger partial charge is 0.359 e. The molecule has 0 aliphatic carbocycles. The molecule has 1 aliphatic rings. The lowest BCUT2D eigenvalue weighted by molar-refractivity contribution is -0.116. The number of rotatable bonds is 2. The number of amides is 1. The van der Waals surface area contributed by atoms with Crippen molar-refractivity contribution in [3.05, 3.63) is 57.9 Å². The Morgan fingerprint density at radius 2 is 2.04 bits per heavy atom. The molecule has 5 nitrogen and oxygen atoms in total. The Labute approximate surface area is 136 Å². The van der Waals surface area contributed by atoms with Crippen molar-refractivity contribution in [1.82, 2.24) is 15.4 Å². The molecule has 2 aromatic heterocycles. The predicted molar refractivity (Wildman–Crippen MR) is 92.5 cm³/mol. The van der Waals surface area contributed by atoms with Crippen LogP contribution in [0.5, 0.6) is 0 Å². The normalized spacial score (nSPS) is 16.2. The molecule has 1 aromatic carbocycles. The number of aromatic nitrogens is 2. The third-order valence-corrected chi connectivity index (χ3v) is 4.79. The summed E-state index contributed by atoms with van der Waals surface area (Å²) >= 11 is 1.54. The lowest BCUT2D eigenvalue weighted by Gasteiger charge is -1.98. The molecule has 0 spiro atoms. The van der Waals surface area contributed by atoms with E-state index in [0.29, 0.717) is 11.3 Å². The molecular formula is C17H14N4OS. The number of hydrogen-bond acceptors (Lipinski definition) is 4. The molecule has 0 atom stereocenters. The van der Waals surface area contributed by atoms with E-state index in [9.17, 15) is 4.79 Å². The number of thiazole rings is 1. The number of aryl methyl sites for hydroxylation is 2. The molecule has 0 saturated heterocycles. The van der Waals surface area contributed by atoms with Gasteiger partial charge in [0.1, 0.15) is 10.7 Å². The highest BCUT2D eigenvalue weighted by molar-refractivity contribution is 7.20. The molecule has 1 amide bonds. The molecular weight excluding hydrogens is 308 g/mol. The standard InChI is InChI=1S/C17H14N4OS/c1-9-7-10(2)18-13(9)8-11-15(20-21-16(11)22)17-19-12-5-3-4-6-14(12)23-17/h3-8,18H,1-2H3,(H,21,22)/b11-8+. The van der Waals surface area contributed by atoms with Gasteiger partial charge in [-0.15, -0.1) is 11.3 Å². The smallest absolute Gasteiger partial charge is 0.273 e. The third-order valence-electron chi connectivity index (χ3n) is 3.74. The fraction of sp³-hybridized carbons (Fsp3) is 0.118. The predicted octanol–water partition coefficient (Wildman–Crippen LogP) is 3.16. The van der Waals surface area contributed by atoms with Gasteiger partial charge in [-0.25, -0.2) is 10.4 Å². The minimum atomic E-state index is -0.203. The monoisotopic (exact) mass is 322 g/mol. The summed E-state index contributed by atoms with van der Waals surface area (Å²) in [5.41, 5.74) is 7.67. The Balaban J connectivity index is 1.81. The van der Waals surface area contributed by atoms with Crippen LogP contribution in [0.15, 0.2) is 41.0 Å². The zero-order valence-corrected chi connectivity index (χ0v) is 13.5. The van der Waals surface area contributed by atoms with Crippen molar-refractivity contribution in [3.63, 3.8) is 0 Å². The van der Waals surface area contributed by atoms with Gasteiger partial charge in [-0.05, 0) is 43.7 Å². The van der Waals surface area contributed by atoms with Crippen LogP contribution in [0, 0.1) is 13.8 Å². The van der Waals surface area contributed by atoms with Crippen LogP contribution in [0.3, 0.4) is 0 Å². The molecule has 0 radical (unpaired) electrons. The molecule has 0 unspecified atom stereocenters. The topological polar surface area (TPSA) is 70.1 Å². The van der Waals surface area contributed by atoms with Crippen LogP contribution < -0.4 is 5.43 Å². The van der Waals surface area contributed by atoms with E-state index in [1.54, 1.807) is 0 Å². The summed E-state index contributed by atoms with van der Waals surface area (Å²) in [5, 5.41) is 4.93. The molecule has 3 aromatic rings. The minimum Gasteiger partial charge on any atom is -0.359 e. The first-order chi connectivity index (χ1) is 11.1. The van der Waals surface area contributed by atoms with Gasteiger partial charge >= 0.3 is 0 Å². The molecule has 4 rings (SSSR count). The lowest BCUT2D eigenvalue weighted by Crippen LogP contribution is -2.13. The number of nitrogens with zero attached hydrogens (tertiary/aromatic N) is 2. The quantitative estimate of drug-likeness (QED) is 0.712. The van der Waals surface area contributed by atoms with Gasteiger partial charge in [0.25, 0.3) is 5.91 Å². The highest BCUT2D eigenvalue weighted by atomic mass is 32.1. The summed E-state index contributed by atoms with van der Waals surface area (Å²) < 4.78 is 1.08. The van der Waals surface area contributed by atoms with Crippen molar-refractivity contribution in [2.75, 3.05) is 0 Å². The van der Waals surface area contributed by atoms with Crippen molar-refractivity contribution in [1.29, 1.82) is 0 Å². The van der Waals surface area contributed by atoms with Gasteiger partial charge < -0.3 is 4.98 Å². The SMILES string of the molecule is Cc1cc(C)c(/C=C2/C(=O)NN=C2c2nc3ccccc3s2)[nH]1. The second kappa shape index (κ2) is 5.17. The number of H-pyrrole nitrogens is 1. The Hall–Kier alpha value is -2.73. The molecule has 0 fully saturated rings. The van der Waals surface area contributed by atoms with Crippen LogP contribution in [-0.4, -0.2) is 21.6 Å². The summed E-state index contributed by atoms with van der Waals surface area (Å²) in [6.07, 6.45) is 1.84. The molecule has 1 aliphatic heterocycles. The number of carbonyl (C=O) groups excluding carboxylic acids is 1. The van der Waals surface area contributed by atoms with Crippen LogP contribution in [0.2, 0.25) is 0 Å². The molecule has 6 heteroatoms. The fourth-order valence-electron chi connectivity index (χ4n) is 2.65. The number of hydrazone groups is 1. The number of fused-ring (bicyclic) bond motifs is 1. The van der Waals surface area contributed by atoms with Crippen molar-refractivity contribution >= 4 is 39.2 Å². The van der Waals surface area contributed by atoms with Gasteiger partial charge in [-0.1, -0.05) is 12.1 Å². The van der Waals surface area contributed by atoms with Gasteiger partial charge in [0.15, 0.2) is 0 Å². The van der Waals surface area contributed by atoms with Crippen molar-refractivity contribution in [3.8, 4) is 0 Å². The summed E-state index contributed by atoms with van der Waals surface area (Å²) in [5.74, 6) is -0.203. The van der Waals surface area contributed by atoms with Gasteiger partial charge in [-0.2, -0.15) is 5.10 Å². The van der Waals surface area contributed by atoms with Gasteiger partial charge in [0.05, 0.1) is 15.8 Å². The van der Waals surface area contributed by atoms with Crippen LogP contribution in [0.25, 0.3) is 16.3 Å². The summed E-state index contributed by atoms with van der Waals surface area (Å²) in [6, 6.07) is 9.96. The van der Waals surface area contributed by atoms with Gasteiger partial charge in [-0.3, -0.25) is 4.79 Å². The average Bonchev–Trinajstić information content (AvgIpc) is 3.18. The van der Waals surface area contributed by atoms with Crippen molar-refractivity contribution in [2.24, 2.45) is 5.10 Å². The second-order valence-corrected chi connectivity index (χ2v) is 6.53. The minimum absolute atomic E-state index is 0.203. The van der Waals surface area contributed by atoms with E-state index >= 15 is 0 Å². The summed E-state index contributed by atoms with van der Waals surface area (Å²) in [4.78, 5) is 20.0. The highest BCUT2D eigenvalue weighted by Gasteiger charge is 2.27. The average molecular weight is 322 g/mol. The summed E-state index contributed by atoms with van der Waals surface area (Å²) in [6.45, 7) is 4.00. The maximum absolute atomic E-state index is 12.2. The fourth-order valence-corrected chi connectivity index (χ4v) is 3.62. The molecule has 3 heterocycles. The Morgan fingerprint density at radius 1 is 1.22 bits per heavy atom. The number of hydrogen-bond donors (Lipinski definition) is 2. The van der Waals surface area contributed by atoms with Crippen LogP contribution in [0.1, 0.15) is 22.0 Å². The van der Waals surface area contributed by atoms with Gasteiger partial charge in [0, 0.05) is 11.4 Å². The number of nitrogens with one attached hydrogen (secondary N) is 2. The lowest BCUT2D eigenvalue weighted by atomic mass is 10.1. The molecule has 23 heavy (non-hydrogen) atoms. The Morgan fingerprint density at radius 3 is 2.78 bits per heavy atom. The van der Waals surface area contributed by atoms with E-state index in [4.69, 9.17) is 0 Å². The number of para-hydroxylation sites is 1. The first kappa shape index (κ1) is 13.9. The molecule has 0 bridgehead atoms. The molecule has 114 valence electrons. The van der Waals surface area contributed by atoms with Crippen LogP contribution >= 0.6 is 11.3 Å². The zero-order chi connectivity index (χ0) is 16.0. The van der Waals surface area contributed by atoms with Crippen LogP contribution in [0.4, 0.5) is 0 Å². The molecule has 2 N–H and O–H groups in total. The number of carbonyl (C=O) groups is 1. The van der Waals surface area contributed by atoms with Crippen molar-refractivity contribution in [2.45, 2.75) is 13.8 Å². The first-order valence-electron chi connectivity index (χ1n) is 7.24. The second-order valence-electron chi connectivity index (χ2n) is 5.50. The Kier molecular flexibility index (Phi) is 3.12. The maximum atomic E-state index is 12.2. The van der Waals surface area contributed by atoms with Crippen molar-refractivity contribution < 1.29 is 4.79 Å². The molecule has 0 saturated carbocycles. The van der Waals surface area contributed by atoms with Gasteiger partial charge in [0.2, 0.25) is 0 Å². The highest BCUT2D eigenvalue weighted by Crippen LogP contribution is 2.26. The van der Waals surface area contributed by atoms with E-state index in [1.165, 1.54) is 11.3 Å². The number of aromatic amines is 1. The van der Waals surface area contributed by atoms with Crippen LogP contribution in [-0.2, 0) is 4.79 Å². The Bertz CT molecular complexity index is 960. The first-order valence-corrected chi connectivity index (χ1v) is 8.06. The van der Waals surface area contributed by atoms with E-state index < -0.39 is 0 Å². The maximum Gasteiger partial charge on any atom is 0.273 e.